The van der Waals surface area contributed by atoms with Gasteiger partial charge in [0.2, 0.25) is 0 Å². The maximum atomic E-state index is 3.99. The van der Waals surface area contributed by atoms with Crippen molar-refractivity contribution in [2.45, 2.75) is 18.9 Å². The van der Waals surface area contributed by atoms with E-state index in [9.17, 15) is 0 Å². The monoisotopic (exact) mass is 261 g/mol. The topological polar surface area (TPSA) is 37.8 Å². The van der Waals surface area contributed by atoms with Gasteiger partial charge in [-0.3, -0.25) is 0 Å². The molecule has 1 aromatic rings. The third-order valence-corrected chi connectivity index (χ3v) is 2.14. The molecule has 58 valence electrons. The second-order valence-electron chi connectivity index (χ2n) is 2.66. The van der Waals surface area contributed by atoms with E-state index >= 15 is 0 Å². The van der Waals surface area contributed by atoms with Crippen molar-refractivity contribution in [1.82, 2.24) is 10.2 Å². The van der Waals surface area contributed by atoms with Crippen molar-refractivity contribution in [2.24, 2.45) is 0 Å². The lowest BCUT2D eigenvalue weighted by Crippen LogP contribution is -2.03. The van der Waals surface area contributed by atoms with Gasteiger partial charge in [0, 0.05) is 6.04 Å². The summed E-state index contributed by atoms with van der Waals surface area (Å²) >= 11 is 2.14. The lowest BCUT2D eigenvalue weighted by Gasteiger charge is -2.00. The number of halogens is 1. The van der Waals surface area contributed by atoms with Crippen molar-refractivity contribution >= 4 is 28.4 Å². The zero-order valence-corrected chi connectivity index (χ0v) is 8.08. The summed E-state index contributed by atoms with van der Waals surface area (Å²) in [6.45, 7) is 0. The molecule has 4 heteroatoms. The van der Waals surface area contributed by atoms with Crippen molar-refractivity contribution in [3.63, 3.8) is 0 Å². The Balaban J connectivity index is 2.06. The van der Waals surface area contributed by atoms with E-state index in [-0.39, 0.29) is 0 Å². The standard InChI is InChI=1S/C7H8IN3/c8-6-3-4-7(11-10-6)9-5-1-2-5/h3-5H,1-2H2,(H,9,11). The van der Waals surface area contributed by atoms with Crippen LogP contribution in [0.5, 0.6) is 0 Å². The van der Waals surface area contributed by atoms with Crippen LogP contribution in [-0.2, 0) is 0 Å². The molecule has 1 aromatic heterocycles. The molecular weight excluding hydrogens is 253 g/mol. The molecule has 1 fully saturated rings. The molecule has 11 heavy (non-hydrogen) atoms. The van der Waals surface area contributed by atoms with Crippen molar-refractivity contribution in [3.05, 3.63) is 15.8 Å². The van der Waals surface area contributed by atoms with E-state index in [2.05, 4.69) is 38.1 Å². The van der Waals surface area contributed by atoms with Crippen LogP contribution >= 0.6 is 22.6 Å². The van der Waals surface area contributed by atoms with Gasteiger partial charge in [-0.1, -0.05) is 0 Å². The highest BCUT2D eigenvalue weighted by atomic mass is 127. The minimum Gasteiger partial charge on any atom is -0.366 e. The molecule has 0 amide bonds. The summed E-state index contributed by atoms with van der Waals surface area (Å²) in [5.74, 6) is 0.896. The first kappa shape index (κ1) is 7.27. The van der Waals surface area contributed by atoms with Gasteiger partial charge in [0.25, 0.3) is 0 Å². The Morgan fingerprint density at radius 2 is 2.18 bits per heavy atom. The van der Waals surface area contributed by atoms with Crippen LogP contribution in [0.2, 0.25) is 0 Å². The molecule has 0 aliphatic heterocycles. The molecule has 0 atom stereocenters. The summed E-state index contributed by atoms with van der Waals surface area (Å²) in [7, 11) is 0. The van der Waals surface area contributed by atoms with Crippen molar-refractivity contribution in [2.75, 3.05) is 5.32 Å². The van der Waals surface area contributed by atoms with Crippen LogP contribution in [-0.4, -0.2) is 16.2 Å². The molecule has 1 N–H and O–H groups in total. The summed E-state index contributed by atoms with van der Waals surface area (Å²) in [6.07, 6.45) is 2.54. The molecule has 0 unspecified atom stereocenters. The van der Waals surface area contributed by atoms with Gasteiger partial charge >= 0.3 is 0 Å². The number of nitrogens with one attached hydrogen (secondary N) is 1. The Bertz CT molecular complexity index is 242. The maximum Gasteiger partial charge on any atom is 0.148 e. The molecule has 0 bridgehead atoms. The zero-order chi connectivity index (χ0) is 7.68. The van der Waals surface area contributed by atoms with Gasteiger partial charge in [0.15, 0.2) is 0 Å². The molecule has 3 nitrogen and oxygen atoms in total. The van der Waals surface area contributed by atoms with Crippen LogP contribution < -0.4 is 5.32 Å². The second-order valence-corrected chi connectivity index (χ2v) is 3.77. The Morgan fingerprint density at radius 1 is 1.36 bits per heavy atom. The fourth-order valence-corrected chi connectivity index (χ4v) is 1.12. The van der Waals surface area contributed by atoms with Gasteiger partial charge in [0.05, 0.1) is 0 Å². The largest absolute Gasteiger partial charge is 0.366 e. The third-order valence-electron chi connectivity index (χ3n) is 1.56. The minimum atomic E-state index is 0.657. The third kappa shape index (κ3) is 2.02. The summed E-state index contributed by atoms with van der Waals surface area (Å²) in [6, 6.07) is 4.58. The van der Waals surface area contributed by atoms with Gasteiger partial charge in [-0.05, 0) is 47.6 Å². The maximum absolute atomic E-state index is 3.99. The van der Waals surface area contributed by atoms with Crippen LogP contribution in [0.15, 0.2) is 12.1 Å². The van der Waals surface area contributed by atoms with Crippen LogP contribution in [0.4, 0.5) is 5.82 Å². The highest BCUT2D eigenvalue weighted by Gasteiger charge is 2.21. The Morgan fingerprint density at radius 3 is 2.73 bits per heavy atom. The summed E-state index contributed by atoms with van der Waals surface area (Å²) in [5, 5.41) is 11.2. The number of hydrogen-bond donors (Lipinski definition) is 1. The van der Waals surface area contributed by atoms with Crippen LogP contribution in [0.25, 0.3) is 0 Å². The molecule has 1 aliphatic carbocycles. The van der Waals surface area contributed by atoms with E-state index in [1.54, 1.807) is 0 Å². The average molecular weight is 261 g/mol. The molecule has 0 spiro atoms. The predicted molar refractivity (Wildman–Crippen MR) is 51.4 cm³/mol. The Kier molecular flexibility index (Phi) is 1.93. The van der Waals surface area contributed by atoms with Gasteiger partial charge < -0.3 is 5.32 Å². The number of anilines is 1. The highest BCUT2D eigenvalue weighted by molar-refractivity contribution is 14.1. The average Bonchev–Trinajstić information content (AvgIpc) is 2.78. The number of hydrogen-bond acceptors (Lipinski definition) is 3. The molecule has 0 saturated heterocycles. The second kappa shape index (κ2) is 2.92. The van der Waals surface area contributed by atoms with Crippen molar-refractivity contribution < 1.29 is 0 Å². The summed E-state index contributed by atoms with van der Waals surface area (Å²) < 4.78 is 0.934. The first-order valence-electron chi connectivity index (χ1n) is 3.60. The van der Waals surface area contributed by atoms with Gasteiger partial charge in [-0.25, -0.2) is 0 Å². The van der Waals surface area contributed by atoms with Gasteiger partial charge in [0.1, 0.15) is 9.52 Å². The van der Waals surface area contributed by atoms with E-state index in [0.29, 0.717) is 6.04 Å². The van der Waals surface area contributed by atoms with E-state index in [1.165, 1.54) is 12.8 Å². The normalized spacial score (nSPS) is 16.5. The van der Waals surface area contributed by atoms with Crippen LogP contribution in [0, 0.1) is 3.70 Å². The van der Waals surface area contributed by atoms with E-state index in [0.717, 1.165) is 9.52 Å². The fraction of sp³-hybridized carbons (Fsp3) is 0.429. The predicted octanol–water partition coefficient (Wildman–Crippen LogP) is 1.66. The molecule has 2 rings (SSSR count). The molecule has 1 saturated carbocycles. The highest BCUT2D eigenvalue weighted by Crippen LogP contribution is 2.23. The van der Waals surface area contributed by atoms with Crippen LogP contribution in [0.1, 0.15) is 12.8 Å². The first-order valence-corrected chi connectivity index (χ1v) is 4.68. The Labute approximate surface area is 78.7 Å². The molecule has 0 radical (unpaired) electrons. The minimum absolute atomic E-state index is 0.657. The lowest BCUT2D eigenvalue weighted by molar-refractivity contribution is 0.978. The molecular formula is C7H8IN3. The lowest BCUT2D eigenvalue weighted by atomic mass is 10.5. The van der Waals surface area contributed by atoms with E-state index in [4.69, 9.17) is 0 Å². The van der Waals surface area contributed by atoms with Crippen LogP contribution in [0.3, 0.4) is 0 Å². The summed E-state index contributed by atoms with van der Waals surface area (Å²) in [5.41, 5.74) is 0. The van der Waals surface area contributed by atoms with E-state index in [1.807, 2.05) is 12.1 Å². The quantitative estimate of drug-likeness (QED) is 0.822. The Hall–Kier alpha value is -0.390. The zero-order valence-electron chi connectivity index (χ0n) is 5.92. The van der Waals surface area contributed by atoms with Gasteiger partial charge in [-0.15, -0.1) is 10.2 Å². The number of nitrogens with zero attached hydrogens (tertiary/aromatic N) is 2. The molecule has 1 heterocycles. The molecule has 1 aliphatic rings. The number of aromatic nitrogens is 2. The molecule has 0 aromatic carbocycles. The SMILES string of the molecule is Ic1ccc(NC2CC2)nn1. The summed E-state index contributed by atoms with van der Waals surface area (Å²) in [4.78, 5) is 0. The number of rotatable bonds is 2. The first-order chi connectivity index (χ1) is 5.34. The fourth-order valence-electron chi connectivity index (χ4n) is 0.830. The van der Waals surface area contributed by atoms with Crippen molar-refractivity contribution in [1.29, 1.82) is 0 Å². The van der Waals surface area contributed by atoms with Gasteiger partial charge in [-0.2, -0.15) is 0 Å². The van der Waals surface area contributed by atoms with E-state index < -0.39 is 0 Å². The van der Waals surface area contributed by atoms with Crippen molar-refractivity contribution in [3.8, 4) is 0 Å². The smallest absolute Gasteiger partial charge is 0.148 e.